The van der Waals surface area contributed by atoms with Crippen LogP contribution in [0.3, 0.4) is 0 Å². The summed E-state index contributed by atoms with van der Waals surface area (Å²) >= 11 is 0. The van der Waals surface area contributed by atoms with E-state index in [9.17, 15) is 18.0 Å². The van der Waals surface area contributed by atoms with E-state index in [-0.39, 0.29) is 48.2 Å². The third-order valence-electron chi connectivity index (χ3n) is 6.22. The number of carbonyl (C=O) groups is 1. The van der Waals surface area contributed by atoms with Gasteiger partial charge < -0.3 is 15.4 Å². The highest BCUT2D eigenvalue weighted by Gasteiger charge is 2.32. The number of aromatic nitrogens is 4. The maximum Gasteiger partial charge on any atom is 0.417 e. The van der Waals surface area contributed by atoms with Gasteiger partial charge in [0, 0.05) is 35.6 Å². The lowest BCUT2D eigenvalue weighted by atomic mass is 10.0. The lowest BCUT2D eigenvalue weighted by Crippen LogP contribution is -2.35. The molecule has 0 aliphatic carbocycles. The Kier molecular flexibility index (Phi) is 6.20. The van der Waals surface area contributed by atoms with Crippen molar-refractivity contribution < 1.29 is 27.1 Å². The Morgan fingerprint density at radius 1 is 1.14 bits per heavy atom. The quantitative estimate of drug-likeness (QED) is 0.390. The number of nitrogens with two attached hydrogens (primary N) is 1. The van der Waals surface area contributed by atoms with Gasteiger partial charge in [0.05, 0.1) is 48.1 Å². The molecule has 8 nitrogen and oxygen atoms in total. The van der Waals surface area contributed by atoms with Crippen molar-refractivity contribution in [3.05, 3.63) is 88.5 Å². The number of pyridine rings is 2. The summed E-state index contributed by atoms with van der Waals surface area (Å²) in [5.41, 5.74) is 6.69. The number of rotatable bonds is 5. The summed E-state index contributed by atoms with van der Waals surface area (Å²) in [5.74, 6) is -1.03. The van der Waals surface area contributed by atoms with Gasteiger partial charge in [0.15, 0.2) is 0 Å². The summed E-state index contributed by atoms with van der Waals surface area (Å²) in [6.07, 6.45) is -0.874. The molecule has 12 heteroatoms. The molecular weight excluding hydrogens is 492 g/mol. The van der Waals surface area contributed by atoms with Gasteiger partial charge in [-0.05, 0) is 36.8 Å². The van der Waals surface area contributed by atoms with Gasteiger partial charge in [-0.15, -0.1) is 0 Å². The van der Waals surface area contributed by atoms with Crippen LogP contribution >= 0.6 is 0 Å². The number of nitrogen functional groups attached to an aromatic ring is 1. The Morgan fingerprint density at radius 2 is 1.86 bits per heavy atom. The Balaban J connectivity index is 1.56. The van der Waals surface area contributed by atoms with Crippen LogP contribution < -0.4 is 5.73 Å². The molecule has 0 radical (unpaired) electrons. The molecule has 4 aromatic rings. The molecule has 1 aromatic carbocycles. The summed E-state index contributed by atoms with van der Waals surface area (Å²) in [6.45, 7) is 1.93. The molecule has 0 saturated carbocycles. The smallest absolute Gasteiger partial charge is 0.383 e. The summed E-state index contributed by atoms with van der Waals surface area (Å²) in [5, 5.41) is 0.530. The monoisotopic (exact) mass is 512 g/mol. The van der Waals surface area contributed by atoms with E-state index in [1.807, 2.05) is 0 Å². The first-order valence-electron chi connectivity index (χ1n) is 11.2. The van der Waals surface area contributed by atoms with E-state index in [1.165, 1.54) is 29.4 Å². The Labute approximate surface area is 208 Å². The van der Waals surface area contributed by atoms with Crippen LogP contribution in [0.25, 0.3) is 10.9 Å². The Bertz CT molecular complexity index is 1480. The molecule has 3 aromatic heterocycles. The van der Waals surface area contributed by atoms with E-state index in [1.54, 1.807) is 13.0 Å². The molecule has 0 saturated heterocycles. The lowest BCUT2D eigenvalue weighted by Gasteiger charge is -2.28. The maximum atomic E-state index is 15.3. The van der Waals surface area contributed by atoms with E-state index >= 15 is 4.39 Å². The minimum atomic E-state index is -4.55. The molecule has 1 unspecified atom stereocenters. The van der Waals surface area contributed by atoms with Gasteiger partial charge >= 0.3 is 6.18 Å². The van der Waals surface area contributed by atoms with Gasteiger partial charge in [-0.2, -0.15) is 13.2 Å². The number of fused-ring (bicyclic) bond motifs is 3. The zero-order valence-electron chi connectivity index (χ0n) is 19.5. The number of hydrogen-bond donors (Lipinski definition) is 1. The first kappa shape index (κ1) is 24.5. The van der Waals surface area contributed by atoms with Gasteiger partial charge in [-0.1, -0.05) is 0 Å². The fourth-order valence-corrected chi connectivity index (χ4v) is 4.22. The molecule has 0 spiro atoms. The molecule has 1 aliphatic heterocycles. The van der Waals surface area contributed by atoms with Crippen molar-refractivity contribution in [2.75, 3.05) is 5.73 Å². The molecule has 37 heavy (non-hydrogen) atoms. The number of ether oxygens (including phenoxy) is 1. The number of alkyl halides is 3. The Hall–Kier alpha value is -4.19. The first-order chi connectivity index (χ1) is 17.6. The fourth-order valence-electron chi connectivity index (χ4n) is 4.22. The minimum absolute atomic E-state index is 0.175. The largest absolute Gasteiger partial charge is 0.417 e. The second-order valence-corrected chi connectivity index (χ2v) is 8.55. The molecule has 4 heterocycles. The van der Waals surface area contributed by atoms with Crippen molar-refractivity contribution in [1.29, 1.82) is 0 Å². The molecule has 190 valence electrons. The maximum absolute atomic E-state index is 15.3. The second-order valence-electron chi connectivity index (χ2n) is 8.55. The SMILES string of the molecule is CC(c1ncccn1)N(Cc1ccc(C(F)(F)F)cn1)C(=O)c1cc2c3c(c(N)nc2cc1F)COC3. The van der Waals surface area contributed by atoms with Crippen LogP contribution in [0.5, 0.6) is 0 Å². The fraction of sp³-hybridized carbons (Fsp3) is 0.240. The first-order valence-corrected chi connectivity index (χ1v) is 11.2. The zero-order chi connectivity index (χ0) is 26.3. The average Bonchev–Trinajstić information content (AvgIpc) is 3.38. The van der Waals surface area contributed by atoms with E-state index in [4.69, 9.17) is 10.5 Å². The number of carbonyl (C=O) groups excluding carboxylic acids is 1. The predicted molar refractivity (Wildman–Crippen MR) is 124 cm³/mol. The van der Waals surface area contributed by atoms with Crippen LogP contribution in [-0.2, 0) is 30.7 Å². The van der Waals surface area contributed by atoms with Crippen molar-refractivity contribution in [1.82, 2.24) is 24.8 Å². The van der Waals surface area contributed by atoms with Crippen molar-refractivity contribution in [2.45, 2.75) is 38.9 Å². The third-order valence-corrected chi connectivity index (χ3v) is 6.22. The number of halogens is 4. The summed E-state index contributed by atoms with van der Waals surface area (Å²) in [6, 6.07) is 5.44. The zero-order valence-corrected chi connectivity index (χ0v) is 19.5. The molecule has 1 amide bonds. The second kappa shape index (κ2) is 9.36. The number of hydrogen-bond acceptors (Lipinski definition) is 7. The van der Waals surface area contributed by atoms with E-state index < -0.39 is 29.5 Å². The Morgan fingerprint density at radius 3 is 2.54 bits per heavy atom. The van der Waals surface area contributed by atoms with Gasteiger partial charge in [0.25, 0.3) is 5.91 Å². The van der Waals surface area contributed by atoms with Gasteiger partial charge in [0.2, 0.25) is 0 Å². The van der Waals surface area contributed by atoms with E-state index in [0.717, 1.165) is 17.7 Å². The standard InChI is InChI=1S/C25H20F4N6O2/c1-13(23-31-5-2-6-32-23)35(10-15-4-3-14(9-33-15)25(27,28)29)24(36)17-7-16-18-11-37-12-19(18)22(30)34-21(16)8-20(17)26/h2-9,13H,10-12H2,1H3,(H2,30,34). The van der Waals surface area contributed by atoms with Crippen molar-refractivity contribution >= 4 is 22.6 Å². The molecule has 0 fully saturated rings. The molecule has 1 atom stereocenters. The topological polar surface area (TPSA) is 107 Å². The van der Waals surface area contributed by atoms with Crippen LogP contribution in [0.4, 0.5) is 23.4 Å². The highest BCUT2D eigenvalue weighted by atomic mass is 19.4. The number of anilines is 1. The highest BCUT2D eigenvalue weighted by molar-refractivity contribution is 5.99. The van der Waals surface area contributed by atoms with Crippen LogP contribution in [0.2, 0.25) is 0 Å². The van der Waals surface area contributed by atoms with Crippen molar-refractivity contribution in [3.63, 3.8) is 0 Å². The normalized spacial score (nSPS) is 14.0. The van der Waals surface area contributed by atoms with Gasteiger partial charge in [-0.25, -0.2) is 19.3 Å². The van der Waals surface area contributed by atoms with Gasteiger partial charge in [-0.3, -0.25) is 9.78 Å². The summed E-state index contributed by atoms with van der Waals surface area (Å²) in [7, 11) is 0. The van der Waals surface area contributed by atoms with Crippen LogP contribution in [0.15, 0.2) is 48.9 Å². The van der Waals surface area contributed by atoms with E-state index in [0.29, 0.717) is 17.1 Å². The molecule has 0 bridgehead atoms. The van der Waals surface area contributed by atoms with Crippen molar-refractivity contribution in [3.8, 4) is 0 Å². The van der Waals surface area contributed by atoms with Crippen LogP contribution in [0, 0.1) is 5.82 Å². The van der Waals surface area contributed by atoms with Crippen LogP contribution in [0.1, 0.15) is 51.5 Å². The average molecular weight is 512 g/mol. The summed E-state index contributed by atoms with van der Waals surface area (Å²) in [4.78, 5) is 31.5. The highest BCUT2D eigenvalue weighted by Crippen LogP contribution is 2.34. The minimum Gasteiger partial charge on any atom is -0.383 e. The van der Waals surface area contributed by atoms with E-state index in [2.05, 4.69) is 19.9 Å². The number of benzene rings is 1. The number of nitrogens with zero attached hydrogens (tertiary/aromatic N) is 5. The molecule has 1 aliphatic rings. The molecular formula is C25H20F4N6O2. The predicted octanol–water partition coefficient (Wildman–Crippen LogP) is 4.59. The third kappa shape index (κ3) is 4.67. The van der Waals surface area contributed by atoms with Crippen LogP contribution in [-0.4, -0.2) is 30.7 Å². The number of amides is 1. The van der Waals surface area contributed by atoms with Gasteiger partial charge in [0.1, 0.15) is 17.5 Å². The molecule has 2 N–H and O–H groups in total. The van der Waals surface area contributed by atoms with Crippen molar-refractivity contribution in [2.24, 2.45) is 0 Å². The lowest BCUT2D eigenvalue weighted by molar-refractivity contribution is -0.137. The molecule has 5 rings (SSSR count). The summed E-state index contributed by atoms with van der Waals surface area (Å²) < 4.78 is 59.7.